The number of hydrogen-bond acceptors (Lipinski definition) is 3. The highest BCUT2D eigenvalue weighted by Crippen LogP contribution is 2.25. The summed E-state index contributed by atoms with van der Waals surface area (Å²) in [7, 11) is 0. The molecule has 0 aromatic heterocycles. The van der Waals surface area contributed by atoms with Crippen LogP contribution in [-0.2, 0) is 27.4 Å². The van der Waals surface area contributed by atoms with Crippen LogP contribution >= 0.6 is 0 Å². The van der Waals surface area contributed by atoms with Crippen molar-refractivity contribution in [3.8, 4) is 0 Å². The second kappa shape index (κ2) is 16.6. The molecule has 2 rings (SSSR count). The zero-order chi connectivity index (χ0) is 29.6. The van der Waals surface area contributed by atoms with Crippen molar-refractivity contribution in [2.24, 2.45) is 11.3 Å². The van der Waals surface area contributed by atoms with Gasteiger partial charge in [0.15, 0.2) is 0 Å². The summed E-state index contributed by atoms with van der Waals surface area (Å²) in [5.41, 5.74) is 1.55. The first-order chi connectivity index (χ1) is 19.0. The van der Waals surface area contributed by atoms with Gasteiger partial charge in [0.2, 0.25) is 11.8 Å². The van der Waals surface area contributed by atoms with Gasteiger partial charge in [-0.1, -0.05) is 108 Å². The second-order valence-corrected chi connectivity index (χ2v) is 12.8. The number of hydrogen-bond donors (Lipinski definition) is 0. The Morgan fingerprint density at radius 1 is 0.800 bits per heavy atom. The van der Waals surface area contributed by atoms with Crippen molar-refractivity contribution in [2.75, 3.05) is 19.8 Å². The average Bonchev–Trinajstić information content (AvgIpc) is 2.93. The number of unbranched alkanes of at least 4 members (excludes halogenated alkanes) is 1. The molecule has 0 bridgehead atoms. The summed E-state index contributed by atoms with van der Waals surface area (Å²) in [5.74, 6) is 0.910. The monoisotopic (exact) mass is 550 g/mol. The maximum Gasteiger partial charge on any atom is 0.223 e. The van der Waals surface area contributed by atoms with Crippen molar-refractivity contribution in [1.82, 2.24) is 9.80 Å². The molecule has 1 unspecified atom stereocenters. The van der Waals surface area contributed by atoms with E-state index in [0.29, 0.717) is 51.6 Å². The molecule has 1 atom stereocenters. The van der Waals surface area contributed by atoms with E-state index in [-0.39, 0.29) is 17.2 Å². The lowest BCUT2D eigenvalue weighted by Gasteiger charge is -2.40. The van der Waals surface area contributed by atoms with Crippen LogP contribution in [0.25, 0.3) is 0 Å². The molecule has 0 fully saturated rings. The average molecular weight is 551 g/mol. The van der Waals surface area contributed by atoms with E-state index in [1.165, 1.54) is 0 Å². The minimum atomic E-state index is -0.466. The van der Waals surface area contributed by atoms with Crippen molar-refractivity contribution in [2.45, 2.75) is 106 Å². The third-order valence-corrected chi connectivity index (χ3v) is 7.64. The molecule has 0 aliphatic heterocycles. The Morgan fingerprint density at radius 2 is 1.38 bits per heavy atom. The van der Waals surface area contributed by atoms with Crippen LogP contribution in [0.2, 0.25) is 0 Å². The van der Waals surface area contributed by atoms with Crippen LogP contribution < -0.4 is 0 Å². The molecule has 5 heteroatoms. The number of carbonyl (C=O) groups is 2. The van der Waals surface area contributed by atoms with E-state index in [1.54, 1.807) is 0 Å². The summed E-state index contributed by atoms with van der Waals surface area (Å²) >= 11 is 0. The highest BCUT2D eigenvalue weighted by atomic mass is 16.5. The highest BCUT2D eigenvalue weighted by Gasteiger charge is 2.32. The molecular formula is C35H54N2O3. The topological polar surface area (TPSA) is 49.9 Å². The largest absolute Gasteiger partial charge is 0.378 e. The summed E-state index contributed by atoms with van der Waals surface area (Å²) in [5, 5.41) is 0. The molecule has 0 saturated carbocycles. The van der Waals surface area contributed by atoms with Crippen molar-refractivity contribution < 1.29 is 14.3 Å². The molecule has 0 radical (unpaired) electrons. The van der Waals surface area contributed by atoms with Crippen LogP contribution in [0.5, 0.6) is 0 Å². The lowest BCUT2D eigenvalue weighted by atomic mass is 9.93. The van der Waals surface area contributed by atoms with Gasteiger partial charge in [0.25, 0.3) is 0 Å². The summed E-state index contributed by atoms with van der Waals surface area (Å²) in [6.45, 7) is 17.7. The standard InChI is InChI=1S/C35H54N2O3/c1-8-10-21-33(39)37(25-31-19-15-12-16-20-31)35(6,7)28-40-27-34(4,5)26-36(24-30-17-13-11-14-18-30)32(38)23-22-29(3)9-2/h11-20,29H,8-10,21-28H2,1-7H3. The molecule has 2 amide bonds. The van der Waals surface area contributed by atoms with E-state index in [9.17, 15) is 9.59 Å². The molecule has 0 heterocycles. The summed E-state index contributed by atoms with van der Waals surface area (Å²) in [6.07, 6.45) is 4.99. The normalized spacial score (nSPS) is 12.7. The fraction of sp³-hybridized carbons (Fsp3) is 0.600. The van der Waals surface area contributed by atoms with Crippen LogP contribution in [0.4, 0.5) is 0 Å². The van der Waals surface area contributed by atoms with E-state index in [0.717, 1.165) is 36.8 Å². The van der Waals surface area contributed by atoms with Gasteiger partial charge in [-0.3, -0.25) is 9.59 Å². The number of ether oxygens (including phenoxy) is 1. The van der Waals surface area contributed by atoms with Gasteiger partial charge in [0, 0.05) is 37.9 Å². The molecule has 0 spiro atoms. The molecule has 0 saturated heterocycles. The maximum atomic E-state index is 13.3. The SMILES string of the molecule is CCCCC(=O)N(Cc1ccccc1)C(C)(C)COCC(C)(C)CN(Cc1ccccc1)C(=O)CCC(C)CC. The fourth-order valence-corrected chi connectivity index (χ4v) is 4.85. The maximum absolute atomic E-state index is 13.3. The van der Waals surface area contributed by atoms with Crippen LogP contribution in [0, 0.1) is 11.3 Å². The molecule has 0 aliphatic carbocycles. The van der Waals surface area contributed by atoms with Gasteiger partial charge in [-0.25, -0.2) is 0 Å². The minimum Gasteiger partial charge on any atom is -0.378 e. The van der Waals surface area contributed by atoms with E-state index >= 15 is 0 Å². The van der Waals surface area contributed by atoms with Gasteiger partial charge in [0.1, 0.15) is 0 Å². The second-order valence-electron chi connectivity index (χ2n) is 12.8. The molecule has 2 aromatic carbocycles. The highest BCUT2D eigenvalue weighted by molar-refractivity contribution is 5.77. The Labute approximate surface area is 244 Å². The fourth-order valence-electron chi connectivity index (χ4n) is 4.85. The van der Waals surface area contributed by atoms with Gasteiger partial charge in [-0.15, -0.1) is 0 Å². The smallest absolute Gasteiger partial charge is 0.223 e. The Balaban J connectivity index is 2.07. The van der Waals surface area contributed by atoms with E-state index < -0.39 is 5.54 Å². The van der Waals surface area contributed by atoms with E-state index in [4.69, 9.17) is 4.74 Å². The quantitative estimate of drug-likeness (QED) is 0.190. The third-order valence-electron chi connectivity index (χ3n) is 7.64. The van der Waals surface area contributed by atoms with Gasteiger partial charge < -0.3 is 14.5 Å². The molecular weight excluding hydrogens is 496 g/mol. The van der Waals surface area contributed by atoms with Crippen LogP contribution in [0.3, 0.4) is 0 Å². The van der Waals surface area contributed by atoms with Gasteiger partial charge in [-0.2, -0.15) is 0 Å². The Hall–Kier alpha value is -2.66. The van der Waals surface area contributed by atoms with Crippen LogP contribution in [-0.4, -0.2) is 46.9 Å². The number of amides is 2. The first-order valence-corrected chi connectivity index (χ1v) is 15.2. The first-order valence-electron chi connectivity index (χ1n) is 15.2. The summed E-state index contributed by atoms with van der Waals surface area (Å²) in [6, 6.07) is 20.4. The minimum absolute atomic E-state index is 0.166. The number of nitrogens with zero attached hydrogens (tertiary/aromatic N) is 2. The Morgan fingerprint density at radius 3 is 1.93 bits per heavy atom. The predicted molar refractivity (Wildman–Crippen MR) is 166 cm³/mol. The lowest BCUT2D eigenvalue weighted by Crippen LogP contribution is -2.51. The van der Waals surface area contributed by atoms with Crippen molar-refractivity contribution in [3.63, 3.8) is 0 Å². The lowest BCUT2D eigenvalue weighted by molar-refractivity contribution is -0.141. The number of rotatable bonds is 18. The molecule has 222 valence electrons. The Bertz CT molecular complexity index is 1000. The van der Waals surface area contributed by atoms with Crippen LogP contribution in [0.1, 0.15) is 98.1 Å². The van der Waals surface area contributed by atoms with Crippen molar-refractivity contribution in [1.29, 1.82) is 0 Å². The summed E-state index contributed by atoms with van der Waals surface area (Å²) in [4.78, 5) is 30.6. The zero-order valence-corrected chi connectivity index (χ0v) is 26.2. The molecule has 5 nitrogen and oxygen atoms in total. The van der Waals surface area contributed by atoms with Crippen LogP contribution in [0.15, 0.2) is 60.7 Å². The number of carbonyl (C=O) groups excluding carboxylic acids is 2. The van der Waals surface area contributed by atoms with E-state index in [2.05, 4.69) is 72.7 Å². The molecule has 0 N–H and O–H groups in total. The summed E-state index contributed by atoms with van der Waals surface area (Å²) < 4.78 is 6.35. The van der Waals surface area contributed by atoms with E-state index in [1.807, 2.05) is 46.2 Å². The van der Waals surface area contributed by atoms with Gasteiger partial charge >= 0.3 is 0 Å². The molecule has 2 aromatic rings. The third kappa shape index (κ3) is 11.8. The van der Waals surface area contributed by atoms with Gasteiger partial charge in [0.05, 0.1) is 18.8 Å². The zero-order valence-electron chi connectivity index (χ0n) is 26.2. The van der Waals surface area contributed by atoms with Crippen molar-refractivity contribution >= 4 is 11.8 Å². The molecule has 0 aliphatic rings. The Kier molecular flexibility index (Phi) is 13.9. The molecule has 40 heavy (non-hydrogen) atoms. The first kappa shape index (κ1) is 33.5. The van der Waals surface area contributed by atoms with Gasteiger partial charge in [-0.05, 0) is 43.7 Å². The predicted octanol–water partition coefficient (Wildman–Crippen LogP) is 7.88. The number of benzene rings is 2. The van der Waals surface area contributed by atoms with Crippen molar-refractivity contribution in [3.05, 3.63) is 71.8 Å².